The van der Waals surface area contributed by atoms with E-state index in [4.69, 9.17) is 9.84 Å². The third-order valence-corrected chi connectivity index (χ3v) is 4.53. The summed E-state index contributed by atoms with van der Waals surface area (Å²) in [6, 6.07) is 0.487. The van der Waals surface area contributed by atoms with Crippen LogP contribution in [0.5, 0.6) is 0 Å². The van der Waals surface area contributed by atoms with Crippen molar-refractivity contribution >= 4 is 6.21 Å². The Labute approximate surface area is 132 Å². The second-order valence-electron chi connectivity index (χ2n) is 7.13. The largest absolute Gasteiger partial charge is 0.382 e. The second kappa shape index (κ2) is 10.2. The Kier molecular flexibility index (Phi) is 8.98. The van der Waals surface area contributed by atoms with Gasteiger partial charge in [0.05, 0.1) is 12.6 Å². The number of hydrogen-bond acceptors (Lipinski definition) is 3. The van der Waals surface area contributed by atoms with Crippen LogP contribution in [0, 0.1) is 17.8 Å². The van der Waals surface area contributed by atoms with Crippen LogP contribution in [0.4, 0.5) is 0 Å². The fraction of sp³-hybridized carbons (Fsp3) is 0.944. The molecule has 1 aliphatic heterocycles. The van der Waals surface area contributed by atoms with Crippen molar-refractivity contribution in [3.63, 3.8) is 0 Å². The molecule has 0 spiro atoms. The average Bonchev–Trinajstić information content (AvgIpc) is 2.84. The van der Waals surface area contributed by atoms with E-state index in [1.54, 1.807) is 7.11 Å². The highest BCUT2D eigenvalue weighted by atomic mass is 16.5. The molecule has 21 heavy (non-hydrogen) atoms. The van der Waals surface area contributed by atoms with E-state index in [9.17, 15) is 0 Å². The predicted octanol–water partition coefficient (Wildman–Crippen LogP) is 4.57. The quantitative estimate of drug-likeness (QED) is 0.552. The molecule has 0 aliphatic carbocycles. The molecule has 0 saturated carbocycles. The van der Waals surface area contributed by atoms with Crippen LogP contribution in [0.15, 0.2) is 5.10 Å². The number of ether oxygens (including phenoxy) is 1. The first-order chi connectivity index (χ1) is 10.1. The van der Waals surface area contributed by atoms with Crippen LogP contribution in [0.1, 0.15) is 66.2 Å². The lowest BCUT2D eigenvalue weighted by molar-refractivity contribution is 0.118. The maximum Gasteiger partial charge on any atom is 0.0704 e. The van der Waals surface area contributed by atoms with Crippen molar-refractivity contribution in [1.29, 1.82) is 0 Å². The van der Waals surface area contributed by atoms with E-state index in [0.29, 0.717) is 12.0 Å². The van der Waals surface area contributed by atoms with Gasteiger partial charge in [0.2, 0.25) is 0 Å². The van der Waals surface area contributed by atoms with Gasteiger partial charge in [0.15, 0.2) is 0 Å². The molecule has 124 valence electrons. The van der Waals surface area contributed by atoms with Crippen molar-refractivity contribution in [2.75, 3.05) is 20.3 Å². The molecule has 3 heteroatoms. The van der Waals surface area contributed by atoms with E-state index in [2.05, 4.69) is 38.9 Å². The summed E-state index contributed by atoms with van der Waals surface area (Å²) in [5, 5.41) is 6.95. The molecule has 4 atom stereocenters. The Morgan fingerprint density at radius 1 is 1.24 bits per heavy atom. The van der Waals surface area contributed by atoms with Gasteiger partial charge in [-0.25, -0.2) is 0 Å². The van der Waals surface area contributed by atoms with Crippen LogP contribution >= 0.6 is 0 Å². The van der Waals surface area contributed by atoms with E-state index in [-0.39, 0.29) is 0 Å². The van der Waals surface area contributed by atoms with Crippen molar-refractivity contribution in [2.45, 2.75) is 72.3 Å². The SMILES string of the molecule is CCC[C@H](C)C[C@H](C)C[C@H](C)/C=N/N1CCC[C@H]1COC. The highest BCUT2D eigenvalue weighted by molar-refractivity contribution is 5.59. The van der Waals surface area contributed by atoms with Gasteiger partial charge in [0.25, 0.3) is 0 Å². The summed E-state index contributed by atoms with van der Waals surface area (Å²) in [5.74, 6) is 2.22. The van der Waals surface area contributed by atoms with Crippen molar-refractivity contribution in [2.24, 2.45) is 22.9 Å². The highest BCUT2D eigenvalue weighted by Crippen LogP contribution is 2.22. The number of hydrazone groups is 1. The molecule has 0 radical (unpaired) electrons. The van der Waals surface area contributed by atoms with Gasteiger partial charge in [0.1, 0.15) is 0 Å². The zero-order chi connectivity index (χ0) is 15.7. The van der Waals surface area contributed by atoms with E-state index in [1.807, 2.05) is 0 Å². The Balaban J connectivity index is 2.31. The van der Waals surface area contributed by atoms with E-state index in [0.717, 1.165) is 25.0 Å². The molecule has 1 heterocycles. The summed E-state index contributed by atoms with van der Waals surface area (Å²) in [5.41, 5.74) is 0. The fourth-order valence-corrected chi connectivity index (χ4v) is 3.62. The summed E-state index contributed by atoms with van der Waals surface area (Å²) in [7, 11) is 1.78. The van der Waals surface area contributed by atoms with Crippen LogP contribution in [0.3, 0.4) is 0 Å². The van der Waals surface area contributed by atoms with Gasteiger partial charge < -0.3 is 4.74 Å². The van der Waals surface area contributed by atoms with Gasteiger partial charge in [-0.3, -0.25) is 5.01 Å². The molecule has 0 aromatic carbocycles. The van der Waals surface area contributed by atoms with E-state index >= 15 is 0 Å². The zero-order valence-electron chi connectivity index (χ0n) is 14.8. The van der Waals surface area contributed by atoms with Gasteiger partial charge in [-0.05, 0) is 43.4 Å². The van der Waals surface area contributed by atoms with Crippen molar-refractivity contribution in [3.8, 4) is 0 Å². The van der Waals surface area contributed by atoms with Gasteiger partial charge in [0, 0.05) is 19.9 Å². The minimum Gasteiger partial charge on any atom is -0.382 e. The lowest BCUT2D eigenvalue weighted by Gasteiger charge is -2.22. The lowest BCUT2D eigenvalue weighted by atomic mass is 9.88. The molecule has 0 N–H and O–H groups in total. The molecule has 0 aromatic heterocycles. The Morgan fingerprint density at radius 3 is 2.67 bits per heavy atom. The van der Waals surface area contributed by atoms with Crippen molar-refractivity contribution in [3.05, 3.63) is 0 Å². The van der Waals surface area contributed by atoms with Crippen molar-refractivity contribution < 1.29 is 4.74 Å². The van der Waals surface area contributed by atoms with Crippen LogP contribution < -0.4 is 0 Å². The van der Waals surface area contributed by atoms with Gasteiger partial charge in [-0.15, -0.1) is 0 Å². The molecular weight excluding hydrogens is 260 g/mol. The second-order valence-corrected chi connectivity index (χ2v) is 7.13. The molecule has 1 aliphatic rings. The molecule has 0 aromatic rings. The molecule has 1 rings (SSSR count). The minimum absolute atomic E-state index is 0.487. The summed E-state index contributed by atoms with van der Waals surface area (Å²) >= 11 is 0. The summed E-state index contributed by atoms with van der Waals surface area (Å²) in [4.78, 5) is 0. The molecule has 0 amide bonds. The smallest absolute Gasteiger partial charge is 0.0704 e. The monoisotopic (exact) mass is 296 g/mol. The van der Waals surface area contributed by atoms with Gasteiger partial charge in [-0.1, -0.05) is 40.5 Å². The average molecular weight is 296 g/mol. The van der Waals surface area contributed by atoms with Crippen LogP contribution in [-0.2, 0) is 4.74 Å². The van der Waals surface area contributed by atoms with Crippen LogP contribution in [0.2, 0.25) is 0 Å². The maximum atomic E-state index is 5.28. The maximum absolute atomic E-state index is 5.28. The van der Waals surface area contributed by atoms with E-state index in [1.165, 1.54) is 38.5 Å². The topological polar surface area (TPSA) is 24.8 Å². The molecule has 1 fully saturated rings. The van der Waals surface area contributed by atoms with E-state index < -0.39 is 0 Å². The molecule has 1 saturated heterocycles. The minimum atomic E-state index is 0.487. The third kappa shape index (κ3) is 7.30. The molecule has 0 unspecified atom stereocenters. The predicted molar refractivity (Wildman–Crippen MR) is 91.7 cm³/mol. The fourth-order valence-electron chi connectivity index (χ4n) is 3.62. The Morgan fingerprint density at radius 2 is 2.00 bits per heavy atom. The summed E-state index contributed by atoms with van der Waals surface area (Å²) in [6.07, 6.45) is 9.88. The lowest BCUT2D eigenvalue weighted by Crippen LogP contribution is -2.28. The first-order valence-corrected chi connectivity index (χ1v) is 8.86. The molecule has 3 nitrogen and oxygen atoms in total. The Bertz CT molecular complexity index is 293. The highest BCUT2D eigenvalue weighted by Gasteiger charge is 2.22. The van der Waals surface area contributed by atoms with Crippen LogP contribution in [0.25, 0.3) is 0 Å². The first kappa shape index (κ1) is 18.5. The standard InChI is InChI=1S/C18H36N2O/c1-6-8-15(2)11-16(3)12-17(4)13-19-20-10-7-9-18(20)14-21-5/h13,15-18H,6-12,14H2,1-5H3/b19-13+/t15-,16-,17-,18-/m0/s1. The summed E-state index contributed by atoms with van der Waals surface area (Å²) in [6.45, 7) is 11.2. The Hall–Kier alpha value is -0.570. The van der Waals surface area contributed by atoms with Crippen LogP contribution in [-0.4, -0.2) is 37.5 Å². The third-order valence-electron chi connectivity index (χ3n) is 4.53. The normalized spacial score (nSPS) is 23.7. The molecular formula is C18H36N2O. The van der Waals surface area contributed by atoms with Crippen molar-refractivity contribution in [1.82, 2.24) is 5.01 Å². The first-order valence-electron chi connectivity index (χ1n) is 8.86. The number of nitrogens with zero attached hydrogens (tertiary/aromatic N) is 2. The number of rotatable bonds is 10. The number of methoxy groups -OCH3 is 1. The molecule has 0 bridgehead atoms. The number of hydrogen-bond donors (Lipinski definition) is 0. The van der Waals surface area contributed by atoms with Gasteiger partial charge in [-0.2, -0.15) is 5.10 Å². The zero-order valence-corrected chi connectivity index (χ0v) is 14.8. The summed E-state index contributed by atoms with van der Waals surface area (Å²) < 4.78 is 5.28. The van der Waals surface area contributed by atoms with Gasteiger partial charge >= 0.3 is 0 Å².